The zero-order chi connectivity index (χ0) is 19.8. The molecule has 1 aliphatic heterocycles. The number of urea groups is 1. The Morgan fingerprint density at radius 1 is 1.36 bits per heavy atom. The Hall–Kier alpha value is -2.41. The monoisotopic (exact) mass is 386 g/mol. The van der Waals surface area contributed by atoms with E-state index in [0.29, 0.717) is 50.4 Å². The number of likely N-dealkylation sites (tertiary alicyclic amines) is 1. The lowest BCUT2D eigenvalue weighted by Crippen LogP contribution is -2.39. The summed E-state index contributed by atoms with van der Waals surface area (Å²) in [6, 6.07) is 10.1. The summed E-state index contributed by atoms with van der Waals surface area (Å²) in [6.07, 6.45) is 2.45. The van der Waals surface area contributed by atoms with Gasteiger partial charge in [0.2, 0.25) is 5.89 Å². The van der Waals surface area contributed by atoms with Gasteiger partial charge < -0.3 is 19.5 Å². The lowest BCUT2D eigenvalue weighted by molar-refractivity contribution is 0.122. The zero-order valence-electron chi connectivity index (χ0n) is 16.8. The maximum Gasteiger partial charge on any atom is 0.317 e. The number of carbonyl (C=O) groups excluding carboxylic acids is 1. The number of aromatic nitrogens is 2. The average Bonchev–Trinajstić information content (AvgIpc) is 3.35. The molecule has 1 aromatic carbocycles. The molecule has 2 aromatic rings. The first kappa shape index (κ1) is 20.3. The van der Waals surface area contributed by atoms with Gasteiger partial charge in [0.1, 0.15) is 0 Å². The molecule has 1 saturated heterocycles. The van der Waals surface area contributed by atoms with Gasteiger partial charge in [-0.05, 0) is 24.3 Å². The summed E-state index contributed by atoms with van der Waals surface area (Å²) in [5.41, 5.74) is 1.15. The van der Waals surface area contributed by atoms with E-state index in [9.17, 15) is 4.79 Å². The summed E-state index contributed by atoms with van der Waals surface area (Å²) in [6.45, 7) is 7.48. The second-order valence-electron chi connectivity index (χ2n) is 7.68. The van der Waals surface area contributed by atoms with Crippen molar-refractivity contribution in [2.45, 2.75) is 45.6 Å². The fourth-order valence-corrected chi connectivity index (χ4v) is 3.19. The number of nitrogens with one attached hydrogen (secondary N) is 1. The highest BCUT2D eigenvalue weighted by atomic mass is 16.5. The molecule has 1 N–H and O–H groups in total. The highest BCUT2D eigenvalue weighted by Gasteiger charge is 2.30. The van der Waals surface area contributed by atoms with Crippen LogP contribution in [0.25, 0.3) is 0 Å². The average molecular weight is 386 g/mol. The number of ether oxygens (including phenoxy) is 1. The largest absolute Gasteiger partial charge is 0.376 e. The summed E-state index contributed by atoms with van der Waals surface area (Å²) in [5, 5.41) is 7.04. The SMILES string of the molecule is CC(C)CCNC(=O)N1CCC(c2nc(CCOCc3ccccc3)no2)C1. The molecule has 1 fully saturated rings. The maximum atomic E-state index is 12.2. The number of hydrogen-bond acceptors (Lipinski definition) is 5. The molecule has 1 atom stereocenters. The molecule has 2 heterocycles. The Morgan fingerprint density at radius 2 is 2.18 bits per heavy atom. The Kier molecular flexibility index (Phi) is 7.42. The molecule has 3 rings (SSSR count). The van der Waals surface area contributed by atoms with Gasteiger partial charge in [0, 0.05) is 26.1 Å². The van der Waals surface area contributed by atoms with Crippen LogP contribution in [-0.2, 0) is 17.8 Å². The molecule has 2 amide bonds. The van der Waals surface area contributed by atoms with E-state index in [1.165, 1.54) is 0 Å². The molecule has 1 aliphatic rings. The predicted octanol–water partition coefficient (Wildman–Crippen LogP) is 3.37. The third-order valence-electron chi connectivity index (χ3n) is 4.89. The van der Waals surface area contributed by atoms with Crippen molar-refractivity contribution in [2.24, 2.45) is 5.92 Å². The van der Waals surface area contributed by atoms with Gasteiger partial charge in [-0.1, -0.05) is 49.3 Å². The van der Waals surface area contributed by atoms with Crippen molar-refractivity contribution in [3.8, 4) is 0 Å². The summed E-state index contributed by atoms with van der Waals surface area (Å²) >= 11 is 0. The third kappa shape index (κ3) is 6.05. The van der Waals surface area contributed by atoms with Crippen molar-refractivity contribution in [1.82, 2.24) is 20.4 Å². The Balaban J connectivity index is 1.38. The molecule has 0 aliphatic carbocycles. The summed E-state index contributed by atoms with van der Waals surface area (Å²) < 4.78 is 11.1. The van der Waals surface area contributed by atoms with Crippen LogP contribution >= 0.6 is 0 Å². The van der Waals surface area contributed by atoms with Gasteiger partial charge in [-0.25, -0.2) is 4.79 Å². The topological polar surface area (TPSA) is 80.5 Å². The highest BCUT2D eigenvalue weighted by Crippen LogP contribution is 2.26. The number of carbonyl (C=O) groups is 1. The number of nitrogens with zero attached hydrogens (tertiary/aromatic N) is 3. The summed E-state index contributed by atoms with van der Waals surface area (Å²) in [5.74, 6) is 1.97. The van der Waals surface area contributed by atoms with Crippen LogP contribution < -0.4 is 5.32 Å². The van der Waals surface area contributed by atoms with Crippen LogP contribution in [0.1, 0.15) is 49.9 Å². The number of benzene rings is 1. The van der Waals surface area contributed by atoms with Gasteiger partial charge in [0.05, 0.1) is 19.1 Å². The number of amides is 2. The minimum absolute atomic E-state index is 0.00259. The first-order valence-corrected chi connectivity index (χ1v) is 10.1. The molecule has 1 aromatic heterocycles. The predicted molar refractivity (Wildman–Crippen MR) is 106 cm³/mol. The molecule has 1 unspecified atom stereocenters. The van der Waals surface area contributed by atoms with Crippen molar-refractivity contribution < 1.29 is 14.1 Å². The molecule has 7 heteroatoms. The Bertz CT molecular complexity index is 732. The minimum atomic E-state index is -0.00259. The molecule has 7 nitrogen and oxygen atoms in total. The van der Waals surface area contributed by atoms with Crippen LogP contribution in [0.5, 0.6) is 0 Å². The lowest BCUT2D eigenvalue weighted by Gasteiger charge is -2.17. The zero-order valence-corrected chi connectivity index (χ0v) is 16.8. The van der Waals surface area contributed by atoms with Gasteiger partial charge >= 0.3 is 6.03 Å². The summed E-state index contributed by atoms with van der Waals surface area (Å²) in [7, 11) is 0. The van der Waals surface area contributed by atoms with Crippen LogP contribution in [0, 0.1) is 5.92 Å². The van der Waals surface area contributed by atoms with E-state index in [0.717, 1.165) is 24.9 Å². The van der Waals surface area contributed by atoms with E-state index in [2.05, 4.69) is 29.3 Å². The quantitative estimate of drug-likeness (QED) is 0.668. The van der Waals surface area contributed by atoms with Crippen molar-refractivity contribution >= 4 is 6.03 Å². The van der Waals surface area contributed by atoms with Crippen molar-refractivity contribution in [3.63, 3.8) is 0 Å². The second-order valence-corrected chi connectivity index (χ2v) is 7.68. The van der Waals surface area contributed by atoms with Crippen molar-refractivity contribution in [2.75, 3.05) is 26.2 Å². The van der Waals surface area contributed by atoms with E-state index in [4.69, 9.17) is 9.26 Å². The van der Waals surface area contributed by atoms with Gasteiger partial charge in [-0.15, -0.1) is 0 Å². The smallest absolute Gasteiger partial charge is 0.317 e. The van der Waals surface area contributed by atoms with Crippen LogP contribution in [0.3, 0.4) is 0 Å². The first-order chi connectivity index (χ1) is 13.6. The van der Waals surface area contributed by atoms with E-state index in [-0.39, 0.29) is 11.9 Å². The van der Waals surface area contributed by atoms with Crippen LogP contribution in [0.4, 0.5) is 4.79 Å². The highest BCUT2D eigenvalue weighted by molar-refractivity contribution is 5.74. The van der Waals surface area contributed by atoms with E-state index in [1.54, 1.807) is 0 Å². The van der Waals surface area contributed by atoms with E-state index < -0.39 is 0 Å². The fraction of sp³-hybridized carbons (Fsp3) is 0.571. The molecule has 152 valence electrons. The molecule has 28 heavy (non-hydrogen) atoms. The molecular formula is C21H30N4O3. The molecule has 0 bridgehead atoms. The molecular weight excluding hydrogens is 356 g/mol. The van der Waals surface area contributed by atoms with Crippen LogP contribution in [0.2, 0.25) is 0 Å². The second kappa shape index (κ2) is 10.2. The van der Waals surface area contributed by atoms with Crippen LogP contribution in [0.15, 0.2) is 34.9 Å². The summed E-state index contributed by atoms with van der Waals surface area (Å²) in [4.78, 5) is 18.6. The molecule has 0 saturated carbocycles. The third-order valence-corrected chi connectivity index (χ3v) is 4.89. The first-order valence-electron chi connectivity index (χ1n) is 10.1. The fourth-order valence-electron chi connectivity index (χ4n) is 3.19. The van der Waals surface area contributed by atoms with E-state index >= 15 is 0 Å². The van der Waals surface area contributed by atoms with Gasteiger partial charge in [-0.3, -0.25) is 0 Å². The Labute approximate surface area is 166 Å². The molecule has 0 spiro atoms. The number of hydrogen-bond donors (Lipinski definition) is 1. The van der Waals surface area contributed by atoms with Crippen molar-refractivity contribution in [1.29, 1.82) is 0 Å². The van der Waals surface area contributed by atoms with Crippen LogP contribution in [-0.4, -0.2) is 47.3 Å². The van der Waals surface area contributed by atoms with Crippen molar-refractivity contribution in [3.05, 3.63) is 47.6 Å². The van der Waals surface area contributed by atoms with Gasteiger partial charge in [-0.2, -0.15) is 4.98 Å². The minimum Gasteiger partial charge on any atom is -0.376 e. The normalized spacial score (nSPS) is 16.7. The number of rotatable bonds is 9. The van der Waals surface area contributed by atoms with Gasteiger partial charge in [0.25, 0.3) is 0 Å². The lowest BCUT2D eigenvalue weighted by atomic mass is 10.1. The maximum absolute atomic E-state index is 12.2. The van der Waals surface area contributed by atoms with E-state index in [1.807, 2.05) is 35.2 Å². The Morgan fingerprint density at radius 3 is 2.96 bits per heavy atom. The molecule has 0 radical (unpaired) electrons. The standard InChI is InChI=1S/C21H30N4O3/c1-16(2)8-11-22-21(26)25-12-9-18(14-25)20-23-19(24-28-20)10-13-27-15-17-6-4-3-5-7-17/h3-7,16,18H,8-15H2,1-2H3,(H,22,26). The van der Waals surface area contributed by atoms with Gasteiger partial charge in [0.15, 0.2) is 5.82 Å².